The first-order valence-electron chi connectivity index (χ1n) is 16.8. The Labute approximate surface area is 301 Å². The van der Waals surface area contributed by atoms with Crippen molar-refractivity contribution in [3.63, 3.8) is 0 Å². The quantitative estimate of drug-likeness (QED) is 0.0944. The SMILES string of the molecule is CC(C)(C)c1cc(-c2ncc(F)c3ccc4c5ccccc5sc4c23)[c-]c2ccccc12.CCC(CC)C(=O)/C=C(\O)C(CC)CC.[Ir]. The summed E-state index contributed by atoms with van der Waals surface area (Å²) in [6, 6.07) is 26.4. The van der Waals surface area contributed by atoms with Gasteiger partial charge in [-0.1, -0.05) is 108 Å². The van der Waals surface area contributed by atoms with Gasteiger partial charge in [-0.3, -0.25) is 9.78 Å². The summed E-state index contributed by atoms with van der Waals surface area (Å²) in [5.74, 6) is 0.256. The monoisotopic (exact) mass is 839 g/mol. The number of hydrogen-bond acceptors (Lipinski definition) is 4. The van der Waals surface area contributed by atoms with Crippen molar-refractivity contribution in [3.8, 4) is 11.3 Å². The molecule has 0 saturated carbocycles. The molecule has 0 spiro atoms. The molecule has 0 aliphatic carbocycles. The van der Waals surface area contributed by atoms with E-state index >= 15 is 0 Å². The molecule has 0 fully saturated rings. The summed E-state index contributed by atoms with van der Waals surface area (Å²) in [7, 11) is 0. The van der Waals surface area contributed by atoms with E-state index in [9.17, 15) is 14.3 Å². The molecule has 4 aromatic carbocycles. The molecular formula is C42H45FIrNO2S-. The Kier molecular flexibility index (Phi) is 12.3. The number of aliphatic hydroxyl groups excluding tert-OH is 1. The fraction of sp³-hybridized carbons (Fsp3) is 0.333. The molecule has 0 amide bonds. The Morgan fingerprint density at radius 3 is 2.12 bits per heavy atom. The van der Waals surface area contributed by atoms with Gasteiger partial charge < -0.3 is 5.11 Å². The number of ketones is 1. The molecule has 1 N–H and O–H groups in total. The predicted octanol–water partition coefficient (Wildman–Crippen LogP) is 12.5. The van der Waals surface area contributed by atoms with Crippen LogP contribution in [0.3, 0.4) is 0 Å². The third-order valence-electron chi connectivity index (χ3n) is 9.27. The van der Waals surface area contributed by atoms with Gasteiger partial charge in [-0.15, -0.1) is 40.5 Å². The van der Waals surface area contributed by atoms with E-state index < -0.39 is 0 Å². The van der Waals surface area contributed by atoms with Gasteiger partial charge in [0.15, 0.2) is 5.78 Å². The van der Waals surface area contributed by atoms with Gasteiger partial charge in [-0.2, -0.15) is 0 Å². The van der Waals surface area contributed by atoms with Gasteiger partial charge in [-0.25, -0.2) is 4.39 Å². The molecule has 2 heterocycles. The second kappa shape index (κ2) is 15.8. The van der Waals surface area contributed by atoms with Crippen LogP contribution < -0.4 is 0 Å². The summed E-state index contributed by atoms with van der Waals surface area (Å²) in [5, 5.41) is 15.8. The maximum Gasteiger partial charge on any atom is 0.162 e. The first-order valence-corrected chi connectivity index (χ1v) is 17.6. The number of nitrogens with zero attached hydrogens (tertiary/aromatic N) is 1. The molecule has 0 unspecified atom stereocenters. The summed E-state index contributed by atoms with van der Waals surface area (Å²) in [4.78, 5) is 16.3. The fourth-order valence-corrected chi connectivity index (χ4v) is 7.69. The first-order chi connectivity index (χ1) is 22.5. The molecule has 48 heavy (non-hydrogen) atoms. The van der Waals surface area contributed by atoms with Crippen molar-refractivity contribution in [2.24, 2.45) is 11.8 Å². The van der Waals surface area contributed by atoms with Crippen LogP contribution in [0, 0.1) is 23.7 Å². The number of allylic oxidation sites excluding steroid dienone is 2. The number of fused-ring (bicyclic) bond motifs is 6. The topological polar surface area (TPSA) is 50.2 Å². The van der Waals surface area contributed by atoms with Crippen LogP contribution >= 0.6 is 11.3 Å². The Morgan fingerprint density at radius 1 is 0.875 bits per heavy atom. The molecule has 253 valence electrons. The van der Waals surface area contributed by atoms with Crippen LogP contribution in [0.25, 0.3) is 53.0 Å². The van der Waals surface area contributed by atoms with Gasteiger partial charge in [0.1, 0.15) is 5.82 Å². The van der Waals surface area contributed by atoms with Crippen molar-refractivity contribution in [1.82, 2.24) is 4.98 Å². The third-order valence-corrected chi connectivity index (χ3v) is 10.5. The van der Waals surface area contributed by atoms with Gasteiger partial charge in [0.05, 0.1) is 12.0 Å². The minimum Gasteiger partial charge on any atom is -0.512 e. The van der Waals surface area contributed by atoms with E-state index in [-0.39, 0.29) is 54.7 Å². The van der Waals surface area contributed by atoms with E-state index in [1.807, 2.05) is 52.0 Å². The molecule has 0 atom stereocenters. The van der Waals surface area contributed by atoms with Crippen LogP contribution in [0.15, 0.2) is 84.8 Å². The van der Waals surface area contributed by atoms with Gasteiger partial charge in [0.25, 0.3) is 0 Å². The summed E-state index contributed by atoms with van der Waals surface area (Å²) < 4.78 is 17.2. The van der Waals surface area contributed by atoms with Crippen molar-refractivity contribution < 1.29 is 34.4 Å². The first kappa shape index (κ1) is 37.4. The number of rotatable bonds is 8. The van der Waals surface area contributed by atoms with Crippen LogP contribution in [0.5, 0.6) is 0 Å². The van der Waals surface area contributed by atoms with Crippen molar-refractivity contribution in [1.29, 1.82) is 0 Å². The van der Waals surface area contributed by atoms with Crippen molar-refractivity contribution in [3.05, 3.63) is 102 Å². The number of pyridine rings is 1. The fourth-order valence-electron chi connectivity index (χ4n) is 6.44. The molecule has 0 bridgehead atoms. The number of halogens is 1. The molecule has 3 nitrogen and oxygen atoms in total. The Hall–Kier alpha value is -3.44. The number of aromatic nitrogens is 1. The number of benzene rings is 4. The molecule has 6 heteroatoms. The zero-order valence-electron chi connectivity index (χ0n) is 28.9. The largest absolute Gasteiger partial charge is 0.512 e. The van der Waals surface area contributed by atoms with Crippen LogP contribution in [-0.2, 0) is 30.3 Å². The van der Waals surface area contributed by atoms with Crippen LogP contribution in [0.1, 0.15) is 79.7 Å². The molecule has 6 aromatic rings. The number of hydrogen-bond donors (Lipinski definition) is 1. The van der Waals surface area contributed by atoms with Crippen molar-refractivity contribution in [2.75, 3.05) is 0 Å². The standard InChI is InChI=1S/C29H21FNS.C13H24O2.Ir/c1-29(2,3)23-15-18(14-17-8-4-5-9-19(17)23)27-26-22(24(30)16-31-27)13-12-21-20-10-6-7-11-25(20)32-28(21)26;1-5-10(6-2)12(14)9-13(15)11(7-3)8-4;/h4-13,15-16H,1-3H3;9-11,14H,5-8H2,1-4H3;/q-1;;/b;12-9-;. The second-order valence-corrected chi connectivity index (χ2v) is 14.4. The summed E-state index contributed by atoms with van der Waals surface area (Å²) in [6.45, 7) is 14.7. The molecular weight excluding hydrogens is 794 g/mol. The average molecular weight is 839 g/mol. The minimum absolute atomic E-state index is 0. The van der Waals surface area contributed by atoms with Gasteiger partial charge in [0.2, 0.25) is 0 Å². The zero-order valence-corrected chi connectivity index (χ0v) is 32.1. The van der Waals surface area contributed by atoms with E-state index in [0.717, 1.165) is 57.8 Å². The molecule has 2 aromatic heterocycles. The average Bonchev–Trinajstić information content (AvgIpc) is 3.44. The number of aliphatic hydroxyl groups is 1. The zero-order chi connectivity index (χ0) is 33.9. The maximum atomic E-state index is 14.9. The van der Waals surface area contributed by atoms with Crippen LogP contribution in [-0.4, -0.2) is 15.9 Å². The number of carbonyl (C=O) groups excluding carboxylic acids is 1. The Balaban J connectivity index is 0.000000279. The van der Waals surface area contributed by atoms with Gasteiger partial charge >= 0.3 is 0 Å². The van der Waals surface area contributed by atoms with Crippen molar-refractivity contribution in [2.45, 2.75) is 79.6 Å². The van der Waals surface area contributed by atoms with E-state index in [4.69, 9.17) is 0 Å². The normalized spacial score (nSPS) is 12.2. The maximum absolute atomic E-state index is 14.9. The summed E-state index contributed by atoms with van der Waals surface area (Å²) in [5.41, 5.74) is 2.88. The van der Waals surface area contributed by atoms with Gasteiger partial charge in [0, 0.05) is 69.3 Å². The molecule has 1 radical (unpaired) electrons. The summed E-state index contributed by atoms with van der Waals surface area (Å²) in [6.07, 6.45) is 6.25. The van der Waals surface area contributed by atoms with E-state index in [1.165, 1.54) is 33.3 Å². The Bertz CT molecular complexity index is 2080. The van der Waals surface area contributed by atoms with Crippen LogP contribution in [0.4, 0.5) is 4.39 Å². The van der Waals surface area contributed by atoms with E-state index in [0.29, 0.717) is 5.39 Å². The minimum atomic E-state index is -0.292. The van der Waals surface area contributed by atoms with Crippen molar-refractivity contribution >= 4 is 58.8 Å². The molecule has 6 rings (SSSR count). The number of carbonyl (C=O) groups is 1. The summed E-state index contributed by atoms with van der Waals surface area (Å²) >= 11 is 1.70. The Morgan fingerprint density at radius 2 is 1.48 bits per heavy atom. The molecule has 0 saturated heterocycles. The van der Waals surface area contributed by atoms with Crippen LogP contribution in [0.2, 0.25) is 0 Å². The van der Waals surface area contributed by atoms with Gasteiger partial charge in [-0.05, 0) is 42.6 Å². The van der Waals surface area contributed by atoms with E-state index in [1.54, 1.807) is 11.3 Å². The predicted molar refractivity (Wildman–Crippen MR) is 199 cm³/mol. The smallest absolute Gasteiger partial charge is 0.162 e. The number of thiophene rings is 1. The third kappa shape index (κ3) is 7.57. The second-order valence-electron chi connectivity index (χ2n) is 13.3. The van der Waals surface area contributed by atoms with E-state index in [2.05, 4.69) is 74.3 Å². The molecule has 0 aliphatic rings. The molecule has 0 aliphatic heterocycles.